The van der Waals surface area contributed by atoms with Crippen LogP contribution in [0.1, 0.15) is 69.7 Å². The van der Waals surface area contributed by atoms with E-state index in [1.165, 1.54) is 0 Å². The third-order valence-electron chi connectivity index (χ3n) is 8.26. The maximum atomic E-state index is 13.7. The van der Waals surface area contributed by atoms with Crippen LogP contribution in [-0.4, -0.2) is 84.6 Å². The number of hydrogen-bond donors (Lipinski definition) is 6. The Hall–Kier alpha value is -5.76. The number of esters is 1. The van der Waals surface area contributed by atoms with Crippen LogP contribution in [0.15, 0.2) is 84.9 Å². The Labute approximate surface area is 322 Å². The maximum absolute atomic E-state index is 13.7. The van der Waals surface area contributed by atoms with E-state index in [-0.39, 0.29) is 31.7 Å². The SMILES string of the molecule is CCCC(NC(=O)[C@H](Cc1ccccc1)NC(=O)CNC(=O)CCc1ccc(OC)cc1)C(O)C(=O)NCC(=O)N[C@H](C(=O)OC(C)(C)C)c1ccccc1. The number of methoxy groups -OCH3 is 1. The number of nitrogens with one attached hydrogen (secondary N) is 5. The van der Waals surface area contributed by atoms with Gasteiger partial charge in [0, 0.05) is 12.8 Å². The molecule has 0 aliphatic heterocycles. The highest BCUT2D eigenvalue weighted by Gasteiger charge is 2.32. The number of hydrogen-bond acceptors (Lipinski definition) is 9. The van der Waals surface area contributed by atoms with Crippen molar-refractivity contribution in [3.8, 4) is 5.75 Å². The van der Waals surface area contributed by atoms with Crippen LogP contribution in [0.25, 0.3) is 0 Å². The van der Waals surface area contributed by atoms with E-state index in [9.17, 15) is 33.9 Å². The second-order valence-corrected chi connectivity index (χ2v) is 13.9. The Kier molecular flexibility index (Phi) is 17.3. The first-order valence-corrected chi connectivity index (χ1v) is 18.2. The Balaban J connectivity index is 1.60. The van der Waals surface area contributed by atoms with Crippen LogP contribution >= 0.6 is 0 Å². The average Bonchev–Trinajstić information content (AvgIpc) is 3.16. The van der Waals surface area contributed by atoms with E-state index in [0.29, 0.717) is 24.2 Å². The number of aryl methyl sites for hydroxylation is 1. The molecule has 6 N–H and O–H groups in total. The van der Waals surface area contributed by atoms with E-state index < -0.39 is 66.0 Å². The smallest absolute Gasteiger partial charge is 0.333 e. The van der Waals surface area contributed by atoms with Gasteiger partial charge in [-0.05, 0) is 62.4 Å². The fourth-order valence-electron chi connectivity index (χ4n) is 5.48. The topological polar surface area (TPSA) is 201 Å². The normalized spacial score (nSPS) is 13.2. The standard InChI is InChI=1S/C41H53N5O9/c1-6-13-31(37(50)39(52)43-26-35(49)46-36(29-16-11-8-12-17-29)40(53)55-41(2,3)4)45-38(51)32(24-28-14-9-7-10-15-28)44-34(48)25-42-33(47)23-20-27-18-21-30(54-5)22-19-27/h7-12,14-19,21-22,31-32,36-37,50H,6,13,20,23-26H2,1-5H3,(H,42,47)(H,43,52)(H,44,48)(H,45,51)(H,46,49)/t31?,32-,36-,37?/m0/s1. The molecule has 0 bridgehead atoms. The van der Waals surface area contributed by atoms with Crippen molar-refractivity contribution < 1.29 is 43.3 Å². The summed E-state index contributed by atoms with van der Waals surface area (Å²) < 4.78 is 10.6. The van der Waals surface area contributed by atoms with Crippen molar-refractivity contribution in [1.82, 2.24) is 26.6 Å². The summed E-state index contributed by atoms with van der Waals surface area (Å²) in [4.78, 5) is 78.1. The molecule has 0 heterocycles. The summed E-state index contributed by atoms with van der Waals surface area (Å²) in [5.74, 6) is -3.24. The van der Waals surface area contributed by atoms with E-state index in [1.54, 1.807) is 102 Å². The second kappa shape index (κ2) is 21.8. The first-order valence-electron chi connectivity index (χ1n) is 18.2. The van der Waals surface area contributed by atoms with Crippen LogP contribution in [0.4, 0.5) is 0 Å². The molecule has 296 valence electrons. The van der Waals surface area contributed by atoms with Crippen LogP contribution in [0.2, 0.25) is 0 Å². The van der Waals surface area contributed by atoms with Crippen LogP contribution in [-0.2, 0) is 46.3 Å². The third-order valence-corrected chi connectivity index (χ3v) is 8.26. The number of amides is 5. The molecule has 0 fully saturated rings. The molecule has 14 heteroatoms. The van der Waals surface area contributed by atoms with Gasteiger partial charge in [-0.1, -0.05) is 86.1 Å². The number of aliphatic hydroxyl groups excluding tert-OH is 1. The van der Waals surface area contributed by atoms with Gasteiger partial charge in [0.2, 0.25) is 23.6 Å². The molecule has 2 unspecified atom stereocenters. The number of ether oxygens (including phenoxy) is 2. The largest absolute Gasteiger partial charge is 0.497 e. The lowest BCUT2D eigenvalue weighted by Gasteiger charge is -2.27. The van der Waals surface area contributed by atoms with Crippen molar-refractivity contribution in [1.29, 1.82) is 0 Å². The van der Waals surface area contributed by atoms with Crippen LogP contribution < -0.4 is 31.3 Å². The van der Waals surface area contributed by atoms with Gasteiger partial charge in [0.25, 0.3) is 5.91 Å². The molecular weight excluding hydrogens is 706 g/mol. The summed E-state index contributed by atoms with van der Waals surface area (Å²) in [6, 6.07) is 21.4. The molecule has 3 rings (SSSR count). The minimum absolute atomic E-state index is 0.0887. The van der Waals surface area contributed by atoms with Crippen molar-refractivity contribution in [3.63, 3.8) is 0 Å². The minimum atomic E-state index is -1.76. The number of carbonyl (C=O) groups excluding carboxylic acids is 6. The summed E-state index contributed by atoms with van der Waals surface area (Å²) in [6.07, 6.45) is -0.405. The molecule has 0 radical (unpaired) electrons. The summed E-state index contributed by atoms with van der Waals surface area (Å²) >= 11 is 0. The molecule has 0 saturated carbocycles. The monoisotopic (exact) mass is 759 g/mol. The van der Waals surface area contributed by atoms with Gasteiger partial charge in [0.15, 0.2) is 12.1 Å². The molecule has 4 atom stereocenters. The molecular formula is C41H53N5O9. The van der Waals surface area contributed by atoms with E-state index in [1.807, 2.05) is 18.2 Å². The maximum Gasteiger partial charge on any atom is 0.333 e. The van der Waals surface area contributed by atoms with Gasteiger partial charge >= 0.3 is 5.97 Å². The zero-order valence-electron chi connectivity index (χ0n) is 32.1. The fraction of sp³-hybridized carbons (Fsp3) is 0.415. The highest BCUT2D eigenvalue weighted by Crippen LogP contribution is 2.19. The molecule has 5 amide bonds. The Morgan fingerprint density at radius 1 is 0.709 bits per heavy atom. The van der Waals surface area contributed by atoms with E-state index in [4.69, 9.17) is 9.47 Å². The lowest BCUT2D eigenvalue weighted by atomic mass is 10.0. The van der Waals surface area contributed by atoms with E-state index in [0.717, 1.165) is 11.1 Å². The molecule has 55 heavy (non-hydrogen) atoms. The summed E-state index contributed by atoms with van der Waals surface area (Å²) in [5, 5.41) is 23.9. The first kappa shape index (κ1) is 43.6. The summed E-state index contributed by atoms with van der Waals surface area (Å²) in [7, 11) is 1.57. The van der Waals surface area contributed by atoms with E-state index in [2.05, 4.69) is 26.6 Å². The van der Waals surface area contributed by atoms with Crippen LogP contribution in [0.5, 0.6) is 5.75 Å². The first-order chi connectivity index (χ1) is 26.2. The van der Waals surface area contributed by atoms with Crippen molar-refractivity contribution in [2.75, 3.05) is 20.2 Å². The average molecular weight is 760 g/mol. The number of benzene rings is 3. The molecule has 0 aliphatic carbocycles. The molecule has 3 aromatic rings. The van der Waals surface area contributed by atoms with Crippen LogP contribution in [0.3, 0.4) is 0 Å². The highest BCUT2D eigenvalue weighted by atomic mass is 16.6. The predicted octanol–water partition coefficient (Wildman–Crippen LogP) is 2.43. The molecule has 3 aromatic carbocycles. The Morgan fingerprint density at radius 2 is 1.31 bits per heavy atom. The van der Waals surface area contributed by atoms with Crippen molar-refractivity contribution in [2.45, 2.75) is 89.6 Å². The van der Waals surface area contributed by atoms with Crippen molar-refractivity contribution in [2.24, 2.45) is 0 Å². The third kappa shape index (κ3) is 15.6. The zero-order chi connectivity index (χ0) is 40.4. The Morgan fingerprint density at radius 3 is 1.91 bits per heavy atom. The zero-order valence-corrected chi connectivity index (χ0v) is 32.1. The van der Waals surface area contributed by atoms with Gasteiger partial charge < -0.3 is 41.2 Å². The second-order valence-electron chi connectivity index (χ2n) is 13.9. The molecule has 0 saturated heterocycles. The van der Waals surface area contributed by atoms with Gasteiger partial charge in [0.05, 0.1) is 26.2 Å². The number of aliphatic hydroxyl groups is 1. The highest BCUT2D eigenvalue weighted by molar-refractivity contribution is 5.92. The number of rotatable bonds is 20. The summed E-state index contributed by atoms with van der Waals surface area (Å²) in [5.41, 5.74) is 1.33. The van der Waals surface area contributed by atoms with Crippen LogP contribution in [0, 0.1) is 0 Å². The fourth-order valence-corrected chi connectivity index (χ4v) is 5.48. The van der Waals surface area contributed by atoms with Gasteiger partial charge in [-0.25, -0.2) is 4.79 Å². The predicted molar refractivity (Wildman–Crippen MR) is 205 cm³/mol. The van der Waals surface area contributed by atoms with E-state index >= 15 is 0 Å². The van der Waals surface area contributed by atoms with Crippen molar-refractivity contribution in [3.05, 3.63) is 102 Å². The lowest BCUT2D eigenvalue weighted by molar-refractivity contribution is -0.158. The molecule has 0 spiro atoms. The minimum Gasteiger partial charge on any atom is -0.497 e. The van der Waals surface area contributed by atoms with Gasteiger partial charge in [-0.3, -0.25) is 24.0 Å². The lowest BCUT2D eigenvalue weighted by Crippen LogP contribution is -2.57. The molecule has 0 aliphatic rings. The van der Waals surface area contributed by atoms with Crippen molar-refractivity contribution >= 4 is 35.5 Å². The number of carbonyl (C=O) groups is 6. The Bertz CT molecular complexity index is 1710. The van der Waals surface area contributed by atoms with Gasteiger partial charge in [0.1, 0.15) is 17.4 Å². The van der Waals surface area contributed by atoms with Gasteiger partial charge in [-0.15, -0.1) is 0 Å². The summed E-state index contributed by atoms with van der Waals surface area (Å²) in [6.45, 7) is 5.96. The van der Waals surface area contributed by atoms with Gasteiger partial charge in [-0.2, -0.15) is 0 Å². The molecule has 14 nitrogen and oxygen atoms in total. The quantitative estimate of drug-likeness (QED) is 0.0937. The molecule has 0 aromatic heterocycles.